The summed E-state index contributed by atoms with van der Waals surface area (Å²) >= 11 is 5.05. The van der Waals surface area contributed by atoms with Gasteiger partial charge in [-0.25, -0.2) is 0 Å². The predicted molar refractivity (Wildman–Crippen MR) is 86.4 cm³/mol. The van der Waals surface area contributed by atoms with Gasteiger partial charge < -0.3 is 15.1 Å². The van der Waals surface area contributed by atoms with E-state index in [2.05, 4.69) is 0 Å². The third-order valence-corrected chi connectivity index (χ3v) is 4.33. The van der Waals surface area contributed by atoms with Crippen molar-refractivity contribution >= 4 is 34.1 Å². The van der Waals surface area contributed by atoms with E-state index in [-0.39, 0.29) is 11.8 Å². The Morgan fingerprint density at radius 2 is 2.24 bits per heavy atom. The number of nitrogens with two attached hydrogens (primary N) is 1. The van der Waals surface area contributed by atoms with Gasteiger partial charge >= 0.3 is 0 Å². The van der Waals surface area contributed by atoms with Crippen LogP contribution in [-0.4, -0.2) is 28.9 Å². The molecule has 1 fully saturated rings. The number of fused-ring (bicyclic) bond motifs is 1. The third-order valence-electron chi connectivity index (χ3n) is 3.99. The summed E-state index contributed by atoms with van der Waals surface area (Å²) in [4.78, 5) is 14.9. The van der Waals surface area contributed by atoms with Gasteiger partial charge in [0.15, 0.2) is 5.76 Å². The van der Waals surface area contributed by atoms with Crippen LogP contribution in [0.3, 0.4) is 0 Å². The lowest BCUT2D eigenvalue weighted by atomic mass is 9.98. The van der Waals surface area contributed by atoms with Crippen LogP contribution < -0.4 is 5.73 Å². The highest BCUT2D eigenvalue weighted by atomic mass is 32.1. The second kappa shape index (κ2) is 5.48. The van der Waals surface area contributed by atoms with Crippen LogP contribution in [0.15, 0.2) is 28.7 Å². The van der Waals surface area contributed by atoms with Gasteiger partial charge in [-0.2, -0.15) is 0 Å². The molecule has 1 aromatic carbocycles. The number of piperidine rings is 1. The number of thiocarbonyl (C=S) groups is 1. The lowest BCUT2D eigenvalue weighted by Gasteiger charge is -2.31. The van der Waals surface area contributed by atoms with Crippen molar-refractivity contribution in [2.24, 2.45) is 11.7 Å². The Hall–Kier alpha value is -1.88. The van der Waals surface area contributed by atoms with Gasteiger partial charge in [-0.3, -0.25) is 4.79 Å². The molecule has 0 aliphatic carbocycles. The molecular weight excluding hydrogens is 284 g/mol. The second-order valence-corrected chi connectivity index (χ2v) is 6.12. The quantitative estimate of drug-likeness (QED) is 0.867. The third kappa shape index (κ3) is 2.78. The molecule has 4 nitrogen and oxygen atoms in total. The van der Waals surface area contributed by atoms with Crippen LogP contribution in [0.4, 0.5) is 0 Å². The van der Waals surface area contributed by atoms with Crippen LogP contribution in [0.2, 0.25) is 0 Å². The van der Waals surface area contributed by atoms with Crippen molar-refractivity contribution in [3.05, 3.63) is 35.6 Å². The Balaban J connectivity index is 1.84. The number of rotatable bonds is 2. The summed E-state index contributed by atoms with van der Waals surface area (Å²) < 4.78 is 5.68. The molecule has 1 aliphatic rings. The SMILES string of the molecule is Cc1ccc2oc(C(=O)N3CCCC(C(N)=S)C3)cc2c1. The van der Waals surface area contributed by atoms with Crippen molar-refractivity contribution in [2.75, 3.05) is 13.1 Å². The van der Waals surface area contributed by atoms with Crippen LogP contribution in [0, 0.1) is 12.8 Å². The first-order chi connectivity index (χ1) is 10.0. The molecule has 5 heteroatoms. The number of benzene rings is 1. The smallest absolute Gasteiger partial charge is 0.289 e. The monoisotopic (exact) mass is 302 g/mol. The molecular formula is C16H18N2O2S. The number of hydrogen-bond donors (Lipinski definition) is 1. The average Bonchev–Trinajstić information content (AvgIpc) is 2.89. The number of nitrogens with zero attached hydrogens (tertiary/aromatic N) is 1. The van der Waals surface area contributed by atoms with Gasteiger partial charge in [0.2, 0.25) is 0 Å². The number of likely N-dealkylation sites (tertiary alicyclic amines) is 1. The van der Waals surface area contributed by atoms with Crippen LogP contribution in [0.25, 0.3) is 11.0 Å². The molecule has 1 aromatic heterocycles. The van der Waals surface area contributed by atoms with Gasteiger partial charge in [-0.1, -0.05) is 23.8 Å². The van der Waals surface area contributed by atoms with Gasteiger partial charge in [-0.05, 0) is 38.0 Å². The number of hydrogen-bond acceptors (Lipinski definition) is 3. The first-order valence-corrected chi connectivity index (χ1v) is 7.54. The van der Waals surface area contributed by atoms with Crippen LogP contribution in [-0.2, 0) is 0 Å². The van der Waals surface area contributed by atoms with Crippen molar-refractivity contribution in [1.82, 2.24) is 4.90 Å². The summed E-state index contributed by atoms with van der Waals surface area (Å²) in [5.41, 5.74) is 7.61. The van der Waals surface area contributed by atoms with Crippen molar-refractivity contribution in [2.45, 2.75) is 19.8 Å². The van der Waals surface area contributed by atoms with Crippen molar-refractivity contribution in [1.29, 1.82) is 0 Å². The zero-order chi connectivity index (χ0) is 15.0. The van der Waals surface area contributed by atoms with Crippen molar-refractivity contribution in [3.8, 4) is 0 Å². The highest BCUT2D eigenvalue weighted by molar-refractivity contribution is 7.80. The molecule has 2 heterocycles. The summed E-state index contributed by atoms with van der Waals surface area (Å²) in [7, 11) is 0. The molecule has 2 N–H and O–H groups in total. The maximum Gasteiger partial charge on any atom is 0.289 e. The Bertz CT molecular complexity index is 707. The van der Waals surface area contributed by atoms with Crippen LogP contribution in [0.5, 0.6) is 0 Å². The largest absolute Gasteiger partial charge is 0.451 e. The molecule has 0 saturated carbocycles. The van der Waals surface area contributed by atoms with Gasteiger partial charge in [0.25, 0.3) is 5.91 Å². The fourth-order valence-corrected chi connectivity index (χ4v) is 3.01. The van der Waals surface area contributed by atoms with E-state index in [9.17, 15) is 4.79 Å². The number of carbonyl (C=O) groups excluding carboxylic acids is 1. The molecule has 0 radical (unpaired) electrons. The summed E-state index contributed by atoms with van der Waals surface area (Å²) in [5, 5.41) is 0.959. The van der Waals surface area contributed by atoms with Gasteiger partial charge in [0.1, 0.15) is 5.58 Å². The first-order valence-electron chi connectivity index (χ1n) is 7.13. The average molecular weight is 302 g/mol. The highest BCUT2D eigenvalue weighted by Gasteiger charge is 2.27. The molecule has 1 unspecified atom stereocenters. The fourth-order valence-electron chi connectivity index (χ4n) is 2.82. The van der Waals surface area contributed by atoms with Crippen LogP contribution in [0.1, 0.15) is 29.0 Å². The molecule has 0 spiro atoms. The van der Waals surface area contributed by atoms with E-state index >= 15 is 0 Å². The molecule has 110 valence electrons. The normalized spacial score (nSPS) is 18.9. The minimum Gasteiger partial charge on any atom is -0.451 e. The number of furan rings is 1. The summed E-state index contributed by atoms with van der Waals surface area (Å²) in [6.07, 6.45) is 1.88. The molecule has 0 bridgehead atoms. The minimum atomic E-state index is -0.0789. The summed E-state index contributed by atoms with van der Waals surface area (Å²) in [6, 6.07) is 7.71. The predicted octanol–water partition coefficient (Wildman–Crippen LogP) is 2.88. The molecule has 1 atom stereocenters. The van der Waals surface area contributed by atoms with Gasteiger partial charge in [-0.15, -0.1) is 0 Å². The Morgan fingerprint density at radius 3 is 3.00 bits per heavy atom. The summed E-state index contributed by atoms with van der Waals surface area (Å²) in [5.74, 6) is 0.424. The number of amides is 1. The molecule has 1 aliphatic heterocycles. The van der Waals surface area contributed by atoms with E-state index in [1.807, 2.05) is 31.2 Å². The standard InChI is InChI=1S/C16H18N2O2S/c1-10-4-5-13-12(7-10)8-14(20-13)16(19)18-6-2-3-11(9-18)15(17)21/h4-5,7-8,11H,2-3,6,9H2,1H3,(H2,17,21). The Labute approximate surface area is 128 Å². The first kappa shape index (κ1) is 14.1. The zero-order valence-corrected chi connectivity index (χ0v) is 12.8. The zero-order valence-electron chi connectivity index (χ0n) is 12.0. The van der Waals surface area contributed by atoms with E-state index < -0.39 is 0 Å². The van der Waals surface area contributed by atoms with Crippen molar-refractivity contribution in [3.63, 3.8) is 0 Å². The maximum absolute atomic E-state index is 12.6. The fraction of sp³-hybridized carbons (Fsp3) is 0.375. The minimum absolute atomic E-state index is 0.0789. The van der Waals surface area contributed by atoms with Crippen LogP contribution >= 0.6 is 12.2 Å². The van der Waals surface area contributed by atoms with Crippen molar-refractivity contribution < 1.29 is 9.21 Å². The summed E-state index contributed by atoms with van der Waals surface area (Å²) in [6.45, 7) is 3.34. The van der Waals surface area contributed by atoms with E-state index in [1.165, 1.54) is 0 Å². The van der Waals surface area contributed by atoms with Gasteiger partial charge in [0.05, 0.1) is 4.99 Å². The lowest BCUT2D eigenvalue weighted by Crippen LogP contribution is -2.43. The topological polar surface area (TPSA) is 59.5 Å². The molecule has 3 rings (SSSR count). The van der Waals surface area contributed by atoms with E-state index in [0.717, 1.165) is 35.9 Å². The van der Waals surface area contributed by atoms with E-state index in [4.69, 9.17) is 22.4 Å². The molecule has 21 heavy (non-hydrogen) atoms. The Kier molecular flexibility index (Phi) is 3.68. The van der Waals surface area contributed by atoms with E-state index in [1.54, 1.807) is 4.90 Å². The van der Waals surface area contributed by atoms with E-state index in [0.29, 0.717) is 17.3 Å². The molecule has 1 saturated heterocycles. The number of carbonyl (C=O) groups is 1. The van der Waals surface area contributed by atoms with Gasteiger partial charge in [0, 0.05) is 24.4 Å². The maximum atomic E-state index is 12.6. The second-order valence-electron chi connectivity index (χ2n) is 5.64. The Morgan fingerprint density at radius 1 is 1.43 bits per heavy atom. The molecule has 1 amide bonds. The highest BCUT2D eigenvalue weighted by Crippen LogP contribution is 2.24. The molecule has 2 aromatic rings. The lowest BCUT2D eigenvalue weighted by molar-refractivity contribution is 0.0674. The number of aryl methyl sites for hydroxylation is 1.